The number of amides is 1. The summed E-state index contributed by atoms with van der Waals surface area (Å²) in [4.78, 5) is 13.3. The third-order valence-electron chi connectivity index (χ3n) is 3.29. The molecule has 0 radical (unpaired) electrons. The Bertz CT molecular complexity index is 207. The Labute approximate surface area is 79.5 Å². The van der Waals surface area contributed by atoms with Gasteiger partial charge in [-0.3, -0.25) is 4.79 Å². The number of hydrogen-bond acceptors (Lipinski definition) is 2. The Morgan fingerprint density at radius 1 is 1.38 bits per heavy atom. The average Bonchev–Trinajstić information content (AvgIpc) is 2.29. The fourth-order valence-electron chi connectivity index (χ4n) is 2.52. The summed E-state index contributed by atoms with van der Waals surface area (Å²) < 4.78 is 0. The molecule has 74 valence electrons. The van der Waals surface area contributed by atoms with Gasteiger partial charge < -0.3 is 10.2 Å². The number of nitrogens with one attached hydrogen (secondary N) is 1. The van der Waals surface area contributed by atoms with E-state index in [4.69, 9.17) is 0 Å². The first-order valence-electron chi connectivity index (χ1n) is 5.21. The summed E-state index contributed by atoms with van der Waals surface area (Å²) in [6, 6.07) is 0. The largest absolute Gasteiger partial charge is 0.344 e. The van der Waals surface area contributed by atoms with Crippen molar-refractivity contribution in [1.82, 2.24) is 10.2 Å². The molecule has 3 nitrogen and oxygen atoms in total. The maximum absolute atomic E-state index is 11.4. The first-order valence-corrected chi connectivity index (χ1v) is 5.21. The van der Waals surface area contributed by atoms with Crippen molar-refractivity contribution in [2.75, 3.05) is 20.1 Å². The Balaban J connectivity index is 2.07. The number of carbonyl (C=O) groups is 1. The molecule has 2 heterocycles. The fourth-order valence-corrected chi connectivity index (χ4v) is 2.52. The van der Waals surface area contributed by atoms with Gasteiger partial charge in [0.2, 0.25) is 5.91 Å². The molecular formula is C10H18N2O. The van der Waals surface area contributed by atoms with Crippen LogP contribution in [-0.2, 0) is 4.79 Å². The van der Waals surface area contributed by atoms with E-state index in [1.165, 1.54) is 25.7 Å². The molecule has 1 atom stereocenters. The van der Waals surface area contributed by atoms with Gasteiger partial charge in [-0.15, -0.1) is 0 Å². The zero-order valence-electron chi connectivity index (χ0n) is 8.31. The number of rotatable bonds is 0. The number of likely N-dealkylation sites (tertiary alicyclic amines) is 1. The van der Waals surface area contributed by atoms with Gasteiger partial charge in [0.25, 0.3) is 0 Å². The van der Waals surface area contributed by atoms with E-state index in [2.05, 4.69) is 5.32 Å². The number of likely N-dealkylation sites (N-methyl/N-ethyl adjacent to an activating group) is 1. The lowest BCUT2D eigenvalue weighted by Crippen LogP contribution is -2.46. The van der Waals surface area contributed by atoms with Crippen LogP contribution in [0.4, 0.5) is 0 Å². The molecular weight excluding hydrogens is 164 g/mol. The smallest absolute Gasteiger partial charge is 0.224 e. The van der Waals surface area contributed by atoms with E-state index in [0.29, 0.717) is 12.3 Å². The topological polar surface area (TPSA) is 32.3 Å². The van der Waals surface area contributed by atoms with E-state index < -0.39 is 0 Å². The quantitative estimate of drug-likeness (QED) is 0.599. The molecule has 2 aliphatic heterocycles. The minimum atomic E-state index is 0.127. The molecule has 2 fully saturated rings. The van der Waals surface area contributed by atoms with Gasteiger partial charge in [0.05, 0.1) is 0 Å². The molecule has 0 aliphatic carbocycles. The maximum atomic E-state index is 11.4. The Morgan fingerprint density at radius 2 is 2.23 bits per heavy atom. The third kappa shape index (κ3) is 1.70. The summed E-state index contributed by atoms with van der Waals surface area (Å²) in [6.45, 7) is 1.99. The predicted octanol–water partition coefficient (Wildman–Crippen LogP) is 0.751. The van der Waals surface area contributed by atoms with E-state index in [-0.39, 0.29) is 5.54 Å². The van der Waals surface area contributed by atoms with E-state index in [0.717, 1.165) is 13.1 Å². The van der Waals surface area contributed by atoms with E-state index in [9.17, 15) is 4.79 Å². The standard InChI is InChI=1S/C10H18N2O/c1-12-8-10(7-9(12)13)5-3-2-4-6-11-10/h11H,2-8H2,1H3. The molecule has 0 aromatic carbocycles. The lowest BCUT2D eigenvalue weighted by molar-refractivity contribution is -0.126. The molecule has 0 saturated carbocycles. The first kappa shape index (κ1) is 9.00. The van der Waals surface area contributed by atoms with Crippen LogP contribution in [0.25, 0.3) is 0 Å². The normalized spacial score (nSPS) is 35.5. The number of hydrogen-bond donors (Lipinski definition) is 1. The lowest BCUT2D eigenvalue weighted by atomic mass is 9.93. The van der Waals surface area contributed by atoms with Gasteiger partial charge in [0.1, 0.15) is 0 Å². The third-order valence-corrected chi connectivity index (χ3v) is 3.29. The Morgan fingerprint density at radius 3 is 2.92 bits per heavy atom. The molecule has 0 aromatic heterocycles. The van der Waals surface area contributed by atoms with Gasteiger partial charge in [0.15, 0.2) is 0 Å². The van der Waals surface area contributed by atoms with Crippen LogP contribution >= 0.6 is 0 Å². The second-order valence-electron chi connectivity index (χ2n) is 4.44. The minimum absolute atomic E-state index is 0.127. The van der Waals surface area contributed by atoms with Gasteiger partial charge in [-0.25, -0.2) is 0 Å². The highest BCUT2D eigenvalue weighted by atomic mass is 16.2. The van der Waals surface area contributed by atoms with Crippen molar-refractivity contribution in [3.05, 3.63) is 0 Å². The molecule has 2 saturated heterocycles. The molecule has 3 heteroatoms. The second-order valence-corrected chi connectivity index (χ2v) is 4.44. The predicted molar refractivity (Wildman–Crippen MR) is 51.5 cm³/mol. The highest BCUT2D eigenvalue weighted by Crippen LogP contribution is 2.28. The lowest BCUT2D eigenvalue weighted by Gasteiger charge is -2.27. The van der Waals surface area contributed by atoms with Crippen molar-refractivity contribution in [2.24, 2.45) is 0 Å². The van der Waals surface area contributed by atoms with Gasteiger partial charge in [-0.1, -0.05) is 12.8 Å². The number of nitrogens with zero attached hydrogens (tertiary/aromatic N) is 1. The van der Waals surface area contributed by atoms with E-state index in [1.807, 2.05) is 11.9 Å². The molecule has 2 aliphatic rings. The SMILES string of the molecule is CN1CC2(CCCCCN2)CC1=O. The zero-order valence-corrected chi connectivity index (χ0v) is 8.31. The molecule has 1 spiro atoms. The van der Waals surface area contributed by atoms with Crippen LogP contribution < -0.4 is 5.32 Å². The van der Waals surface area contributed by atoms with Crippen LogP contribution in [0, 0.1) is 0 Å². The van der Waals surface area contributed by atoms with Crippen molar-refractivity contribution in [1.29, 1.82) is 0 Å². The molecule has 0 bridgehead atoms. The monoisotopic (exact) mass is 182 g/mol. The first-order chi connectivity index (χ1) is 6.22. The Kier molecular flexibility index (Phi) is 2.28. The van der Waals surface area contributed by atoms with Crippen LogP contribution in [0.2, 0.25) is 0 Å². The highest BCUT2D eigenvalue weighted by Gasteiger charge is 2.41. The van der Waals surface area contributed by atoms with Crippen molar-refractivity contribution in [3.63, 3.8) is 0 Å². The van der Waals surface area contributed by atoms with Gasteiger partial charge >= 0.3 is 0 Å². The summed E-state index contributed by atoms with van der Waals surface area (Å²) in [5.41, 5.74) is 0.127. The van der Waals surface area contributed by atoms with Crippen LogP contribution in [0.3, 0.4) is 0 Å². The highest BCUT2D eigenvalue weighted by molar-refractivity contribution is 5.80. The Hall–Kier alpha value is -0.570. The minimum Gasteiger partial charge on any atom is -0.344 e. The zero-order chi connectivity index (χ0) is 9.31. The molecule has 1 N–H and O–H groups in total. The summed E-state index contributed by atoms with van der Waals surface area (Å²) in [7, 11) is 1.91. The van der Waals surface area contributed by atoms with Crippen LogP contribution in [-0.4, -0.2) is 36.5 Å². The van der Waals surface area contributed by atoms with Gasteiger partial charge in [0, 0.05) is 25.6 Å². The van der Waals surface area contributed by atoms with Crippen molar-refractivity contribution < 1.29 is 4.79 Å². The molecule has 2 rings (SSSR count). The van der Waals surface area contributed by atoms with Gasteiger partial charge in [-0.2, -0.15) is 0 Å². The van der Waals surface area contributed by atoms with Crippen molar-refractivity contribution in [3.8, 4) is 0 Å². The maximum Gasteiger partial charge on any atom is 0.224 e. The second kappa shape index (κ2) is 3.29. The van der Waals surface area contributed by atoms with E-state index in [1.54, 1.807) is 0 Å². The molecule has 1 amide bonds. The average molecular weight is 182 g/mol. The summed E-state index contributed by atoms with van der Waals surface area (Å²) in [5.74, 6) is 0.300. The molecule has 13 heavy (non-hydrogen) atoms. The summed E-state index contributed by atoms with van der Waals surface area (Å²) in [6.07, 6.45) is 5.73. The molecule has 0 aromatic rings. The summed E-state index contributed by atoms with van der Waals surface area (Å²) in [5, 5.41) is 3.56. The summed E-state index contributed by atoms with van der Waals surface area (Å²) >= 11 is 0. The van der Waals surface area contributed by atoms with E-state index >= 15 is 0 Å². The van der Waals surface area contributed by atoms with Crippen molar-refractivity contribution >= 4 is 5.91 Å². The van der Waals surface area contributed by atoms with Crippen LogP contribution in [0.5, 0.6) is 0 Å². The van der Waals surface area contributed by atoms with Crippen molar-refractivity contribution in [2.45, 2.75) is 37.6 Å². The van der Waals surface area contributed by atoms with Crippen LogP contribution in [0.15, 0.2) is 0 Å². The molecule has 1 unspecified atom stereocenters. The van der Waals surface area contributed by atoms with Gasteiger partial charge in [-0.05, 0) is 19.4 Å². The van der Waals surface area contributed by atoms with Crippen LogP contribution in [0.1, 0.15) is 32.1 Å². The fraction of sp³-hybridized carbons (Fsp3) is 0.900. The number of carbonyl (C=O) groups excluding carboxylic acids is 1.